The maximum absolute atomic E-state index is 5.82. The number of methoxy groups -OCH3 is 1. The van der Waals surface area contributed by atoms with Crippen molar-refractivity contribution in [1.29, 1.82) is 0 Å². The van der Waals surface area contributed by atoms with Crippen molar-refractivity contribution in [3.63, 3.8) is 0 Å². The second kappa shape index (κ2) is 5.73. The van der Waals surface area contributed by atoms with Crippen molar-refractivity contribution in [2.24, 2.45) is 0 Å². The number of ether oxygens (including phenoxy) is 2. The highest BCUT2D eigenvalue weighted by Crippen LogP contribution is 2.31. The molecular formula is C15H19N3O3. The van der Waals surface area contributed by atoms with E-state index in [0.717, 1.165) is 35.5 Å². The molecule has 0 saturated carbocycles. The van der Waals surface area contributed by atoms with Crippen LogP contribution in [-0.4, -0.2) is 43.6 Å². The van der Waals surface area contributed by atoms with Crippen LogP contribution in [0, 0.1) is 13.8 Å². The van der Waals surface area contributed by atoms with Gasteiger partial charge in [0.05, 0.1) is 20.3 Å². The molecule has 1 aromatic carbocycles. The number of nitrogens with zero attached hydrogens (tertiary/aromatic N) is 3. The van der Waals surface area contributed by atoms with Crippen LogP contribution >= 0.6 is 0 Å². The smallest absolute Gasteiger partial charge is 0.318 e. The molecule has 0 unspecified atom stereocenters. The summed E-state index contributed by atoms with van der Waals surface area (Å²) in [6.07, 6.45) is 0. The highest BCUT2D eigenvalue weighted by Gasteiger charge is 2.19. The lowest BCUT2D eigenvalue weighted by atomic mass is 10.0. The zero-order chi connectivity index (χ0) is 14.8. The zero-order valence-electron chi connectivity index (χ0n) is 12.5. The van der Waals surface area contributed by atoms with Gasteiger partial charge in [0.1, 0.15) is 5.75 Å². The number of aryl methyl sites for hydroxylation is 2. The number of rotatable bonds is 3. The molecule has 0 bridgehead atoms. The van der Waals surface area contributed by atoms with E-state index in [9.17, 15) is 0 Å². The van der Waals surface area contributed by atoms with Gasteiger partial charge in [0.25, 0.3) is 0 Å². The molecule has 0 N–H and O–H groups in total. The van der Waals surface area contributed by atoms with Gasteiger partial charge < -0.3 is 18.8 Å². The lowest BCUT2D eigenvalue weighted by Gasteiger charge is -2.24. The van der Waals surface area contributed by atoms with Crippen molar-refractivity contribution in [2.45, 2.75) is 13.8 Å². The van der Waals surface area contributed by atoms with E-state index >= 15 is 0 Å². The monoisotopic (exact) mass is 289 g/mol. The molecule has 2 heterocycles. The molecule has 6 heteroatoms. The number of benzene rings is 1. The average Bonchev–Trinajstić information content (AvgIpc) is 2.98. The molecular weight excluding hydrogens is 270 g/mol. The molecule has 0 radical (unpaired) electrons. The third-order valence-corrected chi connectivity index (χ3v) is 3.67. The van der Waals surface area contributed by atoms with Crippen LogP contribution in [0.3, 0.4) is 0 Å². The molecule has 21 heavy (non-hydrogen) atoms. The fraction of sp³-hybridized carbons (Fsp3) is 0.467. The van der Waals surface area contributed by atoms with E-state index in [1.807, 2.05) is 24.8 Å². The van der Waals surface area contributed by atoms with Gasteiger partial charge >= 0.3 is 6.01 Å². The van der Waals surface area contributed by atoms with Crippen LogP contribution in [-0.2, 0) is 4.74 Å². The predicted molar refractivity (Wildman–Crippen MR) is 78.8 cm³/mol. The van der Waals surface area contributed by atoms with Gasteiger partial charge in [0.15, 0.2) is 0 Å². The standard InChI is InChI=1S/C15H19N3O3/c1-10-8-11(2)13(19-3)9-12(10)14-16-17-15(21-14)18-4-6-20-7-5-18/h8-9H,4-7H2,1-3H3. The Balaban J connectivity index is 1.92. The summed E-state index contributed by atoms with van der Waals surface area (Å²) >= 11 is 0. The number of hydrogen-bond donors (Lipinski definition) is 0. The maximum Gasteiger partial charge on any atom is 0.318 e. The summed E-state index contributed by atoms with van der Waals surface area (Å²) in [5, 5.41) is 8.32. The van der Waals surface area contributed by atoms with E-state index in [2.05, 4.69) is 16.3 Å². The van der Waals surface area contributed by atoms with E-state index in [0.29, 0.717) is 25.1 Å². The minimum atomic E-state index is 0.521. The van der Waals surface area contributed by atoms with Crippen molar-refractivity contribution >= 4 is 6.01 Å². The van der Waals surface area contributed by atoms with Gasteiger partial charge in [-0.2, -0.15) is 0 Å². The van der Waals surface area contributed by atoms with Crippen molar-refractivity contribution < 1.29 is 13.9 Å². The first-order chi connectivity index (χ1) is 10.2. The maximum atomic E-state index is 5.82. The van der Waals surface area contributed by atoms with Gasteiger partial charge in [-0.1, -0.05) is 11.2 Å². The van der Waals surface area contributed by atoms with Gasteiger partial charge in [-0.15, -0.1) is 5.10 Å². The Labute approximate surface area is 123 Å². The van der Waals surface area contributed by atoms with E-state index in [1.54, 1.807) is 7.11 Å². The molecule has 1 aliphatic heterocycles. The van der Waals surface area contributed by atoms with Gasteiger partial charge in [0.2, 0.25) is 5.89 Å². The van der Waals surface area contributed by atoms with Crippen molar-refractivity contribution in [1.82, 2.24) is 10.2 Å². The van der Waals surface area contributed by atoms with Crippen LogP contribution in [0.5, 0.6) is 5.75 Å². The molecule has 0 spiro atoms. The molecule has 2 aromatic rings. The largest absolute Gasteiger partial charge is 0.496 e. The highest BCUT2D eigenvalue weighted by molar-refractivity contribution is 5.63. The van der Waals surface area contributed by atoms with Crippen molar-refractivity contribution in [3.05, 3.63) is 23.3 Å². The molecule has 1 fully saturated rings. The first kappa shape index (κ1) is 13.9. The number of aromatic nitrogens is 2. The number of anilines is 1. The first-order valence-electron chi connectivity index (χ1n) is 7.01. The molecule has 3 rings (SSSR count). The first-order valence-corrected chi connectivity index (χ1v) is 7.01. The molecule has 1 saturated heterocycles. The minimum Gasteiger partial charge on any atom is -0.496 e. The van der Waals surface area contributed by atoms with Crippen LogP contribution in [0.1, 0.15) is 11.1 Å². The Hall–Kier alpha value is -2.08. The summed E-state index contributed by atoms with van der Waals surface area (Å²) in [7, 11) is 1.66. The van der Waals surface area contributed by atoms with Crippen LogP contribution in [0.15, 0.2) is 16.5 Å². The summed E-state index contributed by atoms with van der Waals surface area (Å²) in [4.78, 5) is 2.04. The third kappa shape index (κ3) is 2.71. The van der Waals surface area contributed by atoms with Crippen LogP contribution in [0.4, 0.5) is 6.01 Å². The second-order valence-corrected chi connectivity index (χ2v) is 5.13. The number of hydrogen-bond acceptors (Lipinski definition) is 6. The Morgan fingerprint density at radius 3 is 2.57 bits per heavy atom. The molecule has 112 valence electrons. The van der Waals surface area contributed by atoms with Gasteiger partial charge in [-0.25, -0.2) is 0 Å². The fourth-order valence-corrected chi connectivity index (χ4v) is 2.49. The lowest BCUT2D eigenvalue weighted by Crippen LogP contribution is -2.36. The highest BCUT2D eigenvalue weighted by atomic mass is 16.5. The SMILES string of the molecule is COc1cc(-c2nnc(N3CCOCC3)o2)c(C)cc1C. The molecule has 6 nitrogen and oxygen atoms in total. The van der Waals surface area contributed by atoms with Gasteiger partial charge in [-0.05, 0) is 31.0 Å². The number of morpholine rings is 1. The van der Waals surface area contributed by atoms with Gasteiger partial charge in [-0.3, -0.25) is 0 Å². The summed E-state index contributed by atoms with van der Waals surface area (Å²) in [6, 6.07) is 4.56. The minimum absolute atomic E-state index is 0.521. The van der Waals surface area contributed by atoms with E-state index in [1.165, 1.54) is 0 Å². The van der Waals surface area contributed by atoms with E-state index < -0.39 is 0 Å². The molecule has 0 amide bonds. The molecule has 0 aliphatic carbocycles. The molecule has 1 aromatic heterocycles. The second-order valence-electron chi connectivity index (χ2n) is 5.13. The lowest BCUT2D eigenvalue weighted by molar-refractivity contribution is 0.120. The topological polar surface area (TPSA) is 60.6 Å². The summed E-state index contributed by atoms with van der Waals surface area (Å²) in [5.74, 6) is 1.34. The van der Waals surface area contributed by atoms with Crippen LogP contribution in [0.25, 0.3) is 11.5 Å². The van der Waals surface area contributed by atoms with Crippen LogP contribution < -0.4 is 9.64 Å². The third-order valence-electron chi connectivity index (χ3n) is 3.67. The van der Waals surface area contributed by atoms with E-state index in [-0.39, 0.29) is 0 Å². The van der Waals surface area contributed by atoms with E-state index in [4.69, 9.17) is 13.9 Å². The Morgan fingerprint density at radius 2 is 1.86 bits per heavy atom. The summed E-state index contributed by atoms with van der Waals surface area (Å²) in [5.41, 5.74) is 3.08. The summed E-state index contributed by atoms with van der Waals surface area (Å²) in [6.45, 7) is 6.98. The normalized spacial score (nSPS) is 15.3. The molecule has 1 aliphatic rings. The van der Waals surface area contributed by atoms with Crippen LogP contribution in [0.2, 0.25) is 0 Å². The predicted octanol–water partition coefficient (Wildman–Crippen LogP) is 2.20. The average molecular weight is 289 g/mol. The fourth-order valence-electron chi connectivity index (χ4n) is 2.49. The Kier molecular flexibility index (Phi) is 3.79. The quantitative estimate of drug-likeness (QED) is 0.863. The zero-order valence-corrected chi connectivity index (χ0v) is 12.5. The van der Waals surface area contributed by atoms with Crippen molar-refractivity contribution in [3.8, 4) is 17.2 Å². The molecule has 0 atom stereocenters. The Bertz CT molecular complexity index is 633. The summed E-state index contributed by atoms with van der Waals surface area (Å²) < 4.78 is 16.5. The van der Waals surface area contributed by atoms with Crippen molar-refractivity contribution in [2.75, 3.05) is 38.3 Å². The Morgan fingerprint density at radius 1 is 1.10 bits per heavy atom. The van der Waals surface area contributed by atoms with Gasteiger partial charge in [0, 0.05) is 18.7 Å².